The molecule has 120 valence electrons. The van der Waals surface area contributed by atoms with Crippen molar-refractivity contribution in [3.63, 3.8) is 0 Å². The first kappa shape index (κ1) is 17.5. The summed E-state index contributed by atoms with van der Waals surface area (Å²) in [6, 6.07) is -0.867. The molecule has 0 saturated carbocycles. The van der Waals surface area contributed by atoms with Crippen LogP contribution in [0.5, 0.6) is 0 Å². The molecule has 0 saturated heterocycles. The third kappa shape index (κ3) is 5.06. The van der Waals surface area contributed by atoms with Gasteiger partial charge in [-0.3, -0.25) is 0 Å². The van der Waals surface area contributed by atoms with Gasteiger partial charge in [-0.15, -0.1) is 0 Å². The van der Waals surface area contributed by atoms with Crippen LogP contribution in [-0.2, 0) is 14.3 Å². The number of hydrogen-bond donors (Lipinski definition) is 0. The third-order valence-electron chi connectivity index (χ3n) is 2.68. The molecule has 0 N–H and O–H groups in total. The van der Waals surface area contributed by atoms with E-state index in [1.54, 1.807) is 20.8 Å². The maximum atomic E-state index is 12.7. The zero-order valence-electron chi connectivity index (χ0n) is 12.7. The summed E-state index contributed by atoms with van der Waals surface area (Å²) in [4.78, 5) is 15.6. The molecule has 0 aromatic rings. The fourth-order valence-electron chi connectivity index (χ4n) is 1.31. The summed E-state index contributed by atoms with van der Waals surface area (Å²) < 4.78 is 48.2. The maximum absolute atomic E-state index is 12.7. The normalized spacial score (nSPS) is 19.4. The molecule has 1 aliphatic heterocycles. The predicted octanol–water partition coefficient (Wildman–Crippen LogP) is 3.27. The van der Waals surface area contributed by atoms with E-state index in [9.17, 15) is 18.0 Å². The van der Waals surface area contributed by atoms with Gasteiger partial charge in [0.15, 0.2) is 6.04 Å². The highest BCUT2D eigenvalue weighted by Gasteiger charge is 2.48. The standard InChI is InChI=1S/C14H20F3NO3/c1-12(2,3)21-11(19)9-6-7-10(18-9)20-8-13(4,5)14(15,16)17/h6-7,9H,8H2,1-5H3. The average molecular weight is 307 g/mol. The van der Waals surface area contributed by atoms with Gasteiger partial charge in [-0.1, -0.05) is 0 Å². The fraction of sp³-hybridized carbons (Fsp3) is 0.714. The SMILES string of the molecule is CC(C)(C)OC(=O)C1C=CC(OCC(C)(C)C(F)(F)F)=N1. The number of esters is 1. The molecular formula is C14H20F3NO3. The van der Waals surface area contributed by atoms with Gasteiger partial charge in [0.05, 0.1) is 5.41 Å². The van der Waals surface area contributed by atoms with Crippen molar-refractivity contribution in [2.45, 2.75) is 52.4 Å². The number of carbonyl (C=O) groups excluding carboxylic acids is 1. The molecule has 21 heavy (non-hydrogen) atoms. The Kier molecular flexibility index (Phi) is 4.75. The lowest BCUT2D eigenvalue weighted by molar-refractivity contribution is -0.220. The molecule has 0 aliphatic carbocycles. The van der Waals surface area contributed by atoms with Crippen molar-refractivity contribution in [1.29, 1.82) is 0 Å². The molecule has 4 nitrogen and oxygen atoms in total. The van der Waals surface area contributed by atoms with E-state index in [0.29, 0.717) is 0 Å². The van der Waals surface area contributed by atoms with E-state index >= 15 is 0 Å². The maximum Gasteiger partial charge on any atom is 0.397 e. The second kappa shape index (κ2) is 5.69. The van der Waals surface area contributed by atoms with Crippen LogP contribution in [0.2, 0.25) is 0 Å². The summed E-state index contributed by atoms with van der Waals surface area (Å²) in [5, 5.41) is 0. The summed E-state index contributed by atoms with van der Waals surface area (Å²) in [6.07, 6.45) is -1.56. The quantitative estimate of drug-likeness (QED) is 0.752. The predicted molar refractivity (Wildman–Crippen MR) is 72.0 cm³/mol. The molecule has 7 heteroatoms. The first-order valence-corrected chi connectivity index (χ1v) is 6.50. The third-order valence-corrected chi connectivity index (χ3v) is 2.68. The molecular weight excluding hydrogens is 287 g/mol. The number of ether oxygens (including phenoxy) is 2. The number of alkyl halides is 3. The molecule has 0 fully saturated rings. The van der Waals surface area contributed by atoms with Gasteiger partial charge in [0.2, 0.25) is 5.90 Å². The molecule has 1 heterocycles. The van der Waals surface area contributed by atoms with Gasteiger partial charge in [-0.25, -0.2) is 9.79 Å². The highest BCUT2D eigenvalue weighted by atomic mass is 19.4. The summed E-state index contributed by atoms with van der Waals surface area (Å²) in [5.41, 5.74) is -2.64. The molecule has 0 aromatic heterocycles. The summed E-state index contributed by atoms with van der Waals surface area (Å²) >= 11 is 0. The lowest BCUT2D eigenvalue weighted by Crippen LogP contribution is -2.37. The zero-order chi connectivity index (χ0) is 16.5. The first-order valence-electron chi connectivity index (χ1n) is 6.50. The number of hydrogen-bond acceptors (Lipinski definition) is 4. The summed E-state index contributed by atoms with van der Waals surface area (Å²) in [6.45, 7) is 6.67. The van der Waals surface area contributed by atoms with E-state index in [-0.39, 0.29) is 5.90 Å². The Morgan fingerprint density at radius 2 is 1.81 bits per heavy atom. The lowest BCUT2D eigenvalue weighted by Gasteiger charge is -2.27. The van der Waals surface area contributed by atoms with Crippen LogP contribution in [0.25, 0.3) is 0 Å². The average Bonchev–Trinajstić information content (AvgIpc) is 2.71. The molecule has 0 aromatic carbocycles. The minimum atomic E-state index is -4.37. The Bertz CT molecular complexity index is 459. The van der Waals surface area contributed by atoms with Crippen LogP contribution in [-0.4, -0.2) is 36.3 Å². The van der Waals surface area contributed by atoms with Crippen LogP contribution in [0.1, 0.15) is 34.6 Å². The van der Waals surface area contributed by atoms with E-state index in [1.807, 2.05) is 0 Å². The number of carbonyl (C=O) groups is 1. The van der Waals surface area contributed by atoms with Gasteiger partial charge in [0, 0.05) is 0 Å². The van der Waals surface area contributed by atoms with Crippen LogP contribution in [0.15, 0.2) is 17.1 Å². The van der Waals surface area contributed by atoms with Crippen LogP contribution in [0.4, 0.5) is 13.2 Å². The second-order valence-corrected chi connectivity index (χ2v) is 6.48. The Labute approximate surface area is 122 Å². The van der Waals surface area contributed by atoms with Gasteiger partial charge in [-0.05, 0) is 46.8 Å². The van der Waals surface area contributed by atoms with Crippen molar-refractivity contribution < 1.29 is 27.4 Å². The van der Waals surface area contributed by atoms with Crippen LogP contribution < -0.4 is 0 Å². The van der Waals surface area contributed by atoms with Gasteiger partial charge in [-0.2, -0.15) is 13.2 Å². The summed E-state index contributed by atoms with van der Waals surface area (Å²) in [5.74, 6) is -0.560. The minimum Gasteiger partial charge on any atom is -0.477 e. The fourth-order valence-corrected chi connectivity index (χ4v) is 1.31. The van der Waals surface area contributed by atoms with Crippen molar-refractivity contribution in [3.05, 3.63) is 12.2 Å². The van der Waals surface area contributed by atoms with E-state index in [0.717, 1.165) is 13.8 Å². The molecule has 1 aliphatic rings. The van der Waals surface area contributed by atoms with Crippen LogP contribution >= 0.6 is 0 Å². The van der Waals surface area contributed by atoms with Crippen molar-refractivity contribution in [1.82, 2.24) is 0 Å². The van der Waals surface area contributed by atoms with Gasteiger partial charge >= 0.3 is 12.1 Å². The second-order valence-electron chi connectivity index (χ2n) is 6.48. The summed E-state index contributed by atoms with van der Waals surface area (Å²) in [7, 11) is 0. The number of nitrogens with zero attached hydrogens (tertiary/aromatic N) is 1. The van der Waals surface area contributed by atoms with E-state index in [2.05, 4.69) is 4.99 Å². The van der Waals surface area contributed by atoms with Crippen molar-refractivity contribution >= 4 is 11.9 Å². The topological polar surface area (TPSA) is 47.9 Å². The lowest BCUT2D eigenvalue weighted by atomic mass is 9.94. The highest BCUT2D eigenvalue weighted by molar-refractivity contribution is 5.95. The molecule has 0 bridgehead atoms. The Morgan fingerprint density at radius 1 is 1.24 bits per heavy atom. The largest absolute Gasteiger partial charge is 0.477 e. The molecule has 1 unspecified atom stereocenters. The molecule has 0 spiro atoms. The molecule has 0 radical (unpaired) electrons. The van der Waals surface area contributed by atoms with Crippen molar-refractivity contribution in [3.8, 4) is 0 Å². The van der Waals surface area contributed by atoms with Gasteiger partial charge in [0.1, 0.15) is 12.2 Å². The molecule has 0 amide bonds. The van der Waals surface area contributed by atoms with Crippen molar-refractivity contribution in [2.24, 2.45) is 10.4 Å². The number of aliphatic imine (C=N–C) groups is 1. The Hall–Kier alpha value is -1.53. The Balaban J connectivity index is 2.59. The molecule has 1 rings (SSSR count). The number of halogens is 3. The highest BCUT2D eigenvalue weighted by Crippen LogP contribution is 2.37. The van der Waals surface area contributed by atoms with Gasteiger partial charge in [0.25, 0.3) is 0 Å². The van der Waals surface area contributed by atoms with Crippen molar-refractivity contribution in [2.75, 3.05) is 6.61 Å². The van der Waals surface area contributed by atoms with Crippen LogP contribution in [0, 0.1) is 5.41 Å². The van der Waals surface area contributed by atoms with Crippen LogP contribution in [0.3, 0.4) is 0 Å². The van der Waals surface area contributed by atoms with E-state index in [4.69, 9.17) is 9.47 Å². The number of rotatable bonds is 3. The monoisotopic (exact) mass is 307 g/mol. The van der Waals surface area contributed by atoms with E-state index < -0.39 is 35.8 Å². The first-order chi connectivity index (χ1) is 9.32. The molecule has 1 atom stereocenters. The van der Waals surface area contributed by atoms with E-state index in [1.165, 1.54) is 12.2 Å². The smallest absolute Gasteiger partial charge is 0.397 e. The zero-order valence-corrected chi connectivity index (χ0v) is 12.7. The minimum absolute atomic E-state index is 0.00295. The Morgan fingerprint density at radius 3 is 2.29 bits per heavy atom. The van der Waals surface area contributed by atoms with Gasteiger partial charge < -0.3 is 9.47 Å².